The van der Waals surface area contributed by atoms with Crippen molar-refractivity contribution >= 4 is 57.2 Å². The summed E-state index contributed by atoms with van der Waals surface area (Å²) in [6.45, 7) is 10.7. The highest BCUT2D eigenvalue weighted by Gasteiger charge is 2.33. The Morgan fingerprint density at radius 2 is 1.17 bits per heavy atom. The molecule has 0 aliphatic carbocycles. The van der Waals surface area contributed by atoms with Gasteiger partial charge in [-0.25, -0.2) is 14.6 Å². The molecule has 0 unspecified atom stereocenters. The zero-order chi connectivity index (χ0) is 49.6. The minimum atomic E-state index is -0.328. The lowest BCUT2D eigenvalue weighted by Crippen LogP contribution is -2.43. The molecule has 2 aliphatic heterocycles. The lowest BCUT2D eigenvalue weighted by atomic mass is 9.81. The van der Waals surface area contributed by atoms with Crippen molar-refractivity contribution in [2.45, 2.75) is 66.6 Å². The van der Waals surface area contributed by atoms with Crippen molar-refractivity contribution < 1.29 is 42.9 Å². The van der Waals surface area contributed by atoms with Crippen LogP contribution in [0.4, 0.5) is 9.59 Å². The fourth-order valence-electron chi connectivity index (χ4n) is 9.30. The maximum absolute atomic E-state index is 13.2. The number of aromatic nitrogens is 2. The third-order valence-electron chi connectivity index (χ3n) is 13.3. The Hall–Kier alpha value is -7.25. The maximum atomic E-state index is 13.2. The number of Topliss-reactive ketones (excluding diaryl/α,β-unsaturated/α-hetero) is 2. The standard InChI is InChI=1S/C28H29ClN2O4.C28H30N2O5.2CH4/c1-3-20-17-31(28(33)35-18-19-7-5-4-6-8-19)14-13-21(20)9-12-26(32)24-16-27(29)30-25-11-10-22(34-2)15-23(24)25;1-3-21-18-29(28(32)35-19-20-7-5-4-6-8-20)15-13-22(21)9-12-27(31)24-14-16-30(33)26-11-10-23(34-2)17-25(24)26;;/h3-8,10-11,15-16,20-21H,1,9,12-14,17-18H2,2H3;3-8,10-11,14,16-17,21-22H,1,9,12-13,15,18-19H2,2H3;2*1H4/t20-,21+;21-,22+;;/m00../s1. The summed E-state index contributed by atoms with van der Waals surface area (Å²) in [6, 6.07) is 32.9. The number of carbonyl (C=O) groups excluding carboxylic acids is 4. The van der Waals surface area contributed by atoms with Gasteiger partial charge in [0.05, 0.1) is 25.1 Å². The van der Waals surface area contributed by atoms with Gasteiger partial charge in [0.15, 0.2) is 17.8 Å². The van der Waals surface area contributed by atoms with Crippen molar-refractivity contribution in [3.63, 3.8) is 0 Å². The van der Waals surface area contributed by atoms with Crippen LogP contribution in [0.2, 0.25) is 5.15 Å². The second kappa shape index (κ2) is 26.8. The Bertz CT molecular complexity index is 2810. The second-order valence-corrected chi connectivity index (χ2v) is 18.0. The zero-order valence-electron chi connectivity index (χ0n) is 39.7. The number of likely N-dealkylation sites (tertiary alicyclic amines) is 2. The van der Waals surface area contributed by atoms with Crippen LogP contribution >= 0.6 is 11.6 Å². The van der Waals surface area contributed by atoms with E-state index in [0.717, 1.165) is 34.1 Å². The van der Waals surface area contributed by atoms with E-state index in [4.69, 9.17) is 30.5 Å². The van der Waals surface area contributed by atoms with E-state index in [-0.39, 0.29) is 80.6 Å². The SMILES string of the molecule is C.C.C=C[C@H]1CN(C(=O)OCc2ccccc2)CC[C@H]1CCC(=O)c1cc(Cl)nc2ccc(OC)cc12.C=C[C@H]1CN(C(=O)OCc2ccccc2)CC[C@H]1CCC(=O)c1cc[n+]([O-])c2ccc(OC)cc12. The monoisotopic (exact) mass is 998 g/mol. The van der Waals surface area contributed by atoms with Crippen LogP contribution in [0.15, 0.2) is 141 Å². The first kappa shape index (κ1) is 55.7. The number of nitrogens with zero attached hydrogens (tertiary/aromatic N) is 4. The topological polar surface area (TPSA) is 152 Å². The number of hydrogen-bond acceptors (Lipinski definition) is 10. The molecule has 2 fully saturated rings. The number of pyridine rings is 2. The molecule has 8 rings (SSSR count). The molecule has 2 aliphatic rings. The first-order valence-electron chi connectivity index (χ1n) is 23.5. The highest BCUT2D eigenvalue weighted by atomic mass is 35.5. The van der Waals surface area contributed by atoms with Crippen LogP contribution in [0.1, 0.15) is 85.2 Å². The molecule has 380 valence electrons. The third-order valence-corrected chi connectivity index (χ3v) is 13.5. The van der Waals surface area contributed by atoms with Crippen LogP contribution < -0.4 is 14.2 Å². The molecule has 13 nitrogen and oxygen atoms in total. The van der Waals surface area contributed by atoms with Crippen LogP contribution in [0, 0.1) is 28.9 Å². The quantitative estimate of drug-likeness (QED) is 0.0301. The van der Waals surface area contributed by atoms with Crippen molar-refractivity contribution in [1.29, 1.82) is 0 Å². The number of halogens is 1. The number of ketones is 2. The Balaban J connectivity index is 0.000000260. The van der Waals surface area contributed by atoms with Gasteiger partial charge in [0.2, 0.25) is 5.52 Å². The first-order valence-corrected chi connectivity index (χ1v) is 23.9. The van der Waals surface area contributed by atoms with Crippen LogP contribution in [0.3, 0.4) is 0 Å². The number of rotatable bonds is 16. The van der Waals surface area contributed by atoms with E-state index >= 15 is 0 Å². The van der Waals surface area contributed by atoms with Crippen LogP contribution in [-0.4, -0.2) is 78.9 Å². The Morgan fingerprint density at radius 3 is 1.67 bits per heavy atom. The van der Waals surface area contributed by atoms with Gasteiger partial charge in [0.25, 0.3) is 0 Å². The van der Waals surface area contributed by atoms with Crippen LogP contribution in [-0.2, 0) is 22.7 Å². The average molecular weight is 1000 g/mol. The van der Waals surface area contributed by atoms with Gasteiger partial charge in [0.1, 0.15) is 29.9 Å². The van der Waals surface area contributed by atoms with Crippen molar-refractivity contribution in [2.75, 3.05) is 40.4 Å². The van der Waals surface area contributed by atoms with E-state index in [2.05, 4.69) is 18.1 Å². The molecule has 4 aromatic carbocycles. The normalized spacial score (nSPS) is 17.2. The van der Waals surface area contributed by atoms with E-state index in [1.165, 1.54) is 6.20 Å². The molecular formula is C58H67ClN4O9. The van der Waals surface area contributed by atoms with Gasteiger partial charge >= 0.3 is 12.2 Å². The lowest BCUT2D eigenvalue weighted by Gasteiger charge is -2.36. The minimum absolute atomic E-state index is 0. The molecule has 4 heterocycles. The molecule has 2 amide bonds. The van der Waals surface area contributed by atoms with E-state index in [1.807, 2.05) is 78.9 Å². The van der Waals surface area contributed by atoms with E-state index in [1.54, 1.807) is 66.5 Å². The second-order valence-electron chi connectivity index (χ2n) is 17.6. The first-order chi connectivity index (χ1) is 34.0. The predicted octanol–water partition coefficient (Wildman–Crippen LogP) is 12.5. The van der Waals surface area contributed by atoms with Crippen LogP contribution in [0.5, 0.6) is 11.5 Å². The Kier molecular flexibility index (Phi) is 20.7. The number of benzene rings is 4. The molecule has 0 saturated carbocycles. The summed E-state index contributed by atoms with van der Waals surface area (Å²) in [5, 5.41) is 13.8. The van der Waals surface area contributed by atoms with Crippen LogP contribution in [0.25, 0.3) is 21.8 Å². The van der Waals surface area contributed by atoms with Gasteiger partial charge in [-0.3, -0.25) is 9.59 Å². The molecule has 72 heavy (non-hydrogen) atoms. The fourth-order valence-corrected chi connectivity index (χ4v) is 9.50. The Labute approximate surface area is 428 Å². The van der Waals surface area contributed by atoms with E-state index in [9.17, 15) is 24.4 Å². The summed E-state index contributed by atoms with van der Waals surface area (Å²) in [5.41, 5.74) is 4.06. The molecule has 0 N–H and O–H groups in total. The van der Waals surface area contributed by atoms with Gasteiger partial charge < -0.3 is 34.0 Å². The third kappa shape index (κ3) is 14.2. The van der Waals surface area contributed by atoms with Gasteiger partial charge in [-0.2, -0.15) is 4.73 Å². The number of hydrogen-bond donors (Lipinski definition) is 0. The summed E-state index contributed by atoms with van der Waals surface area (Å²) in [6.07, 6.45) is 8.15. The van der Waals surface area contributed by atoms with E-state index < -0.39 is 0 Å². The summed E-state index contributed by atoms with van der Waals surface area (Å²) in [5.74, 6) is 1.92. The fraction of sp³-hybridized carbons (Fsp3) is 0.345. The molecule has 2 aromatic heterocycles. The smallest absolute Gasteiger partial charge is 0.410 e. The number of fused-ring (bicyclic) bond motifs is 2. The average Bonchev–Trinajstić information content (AvgIpc) is 3.40. The molecule has 6 aromatic rings. The maximum Gasteiger partial charge on any atom is 0.410 e. The number of carbonyl (C=O) groups is 4. The molecule has 0 bridgehead atoms. The highest BCUT2D eigenvalue weighted by Crippen LogP contribution is 2.33. The summed E-state index contributed by atoms with van der Waals surface area (Å²) >= 11 is 6.19. The molecular weight excluding hydrogens is 932 g/mol. The zero-order valence-corrected chi connectivity index (χ0v) is 40.4. The van der Waals surface area contributed by atoms with Gasteiger partial charge in [-0.05, 0) is 96.9 Å². The number of ether oxygens (including phenoxy) is 4. The minimum Gasteiger partial charge on any atom is -0.618 e. The Morgan fingerprint density at radius 1 is 0.681 bits per heavy atom. The van der Waals surface area contributed by atoms with Gasteiger partial charge in [-0.1, -0.05) is 99.3 Å². The van der Waals surface area contributed by atoms with E-state index in [0.29, 0.717) is 90.9 Å². The number of piperidine rings is 2. The molecule has 0 radical (unpaired) electrons. The lowest BCUT2D eigenvalue weighted by molar-refractivity contribution is -0.577. The predicted molar refractivity (Wildman–Crippen MR) is 283 cm³/mol. The van der Waals surface area contributed by atoms with Gasteiger partial charge in [-0.15, -0.1) is 13.2 Å². The van der Waals surface area contributed by atoms with Crippen molar-refractivity contribution in [3.8, 4) is 11.5 Å². The largest absolute Gasteiger partial charge is 0.618 e. The highest BCUT2D eigenvalue weighted by molar-refractivity contribution is 6.30. The summed E-state index contributed by atoms with van der Waals surface area (Å²) in [4.78, 5) is 59.3. The molecule has 2 saturated heterocycles. The van der Waals surface area contributed by atoms with Gasteiger partial charge in [0, 0.05) is 67.7 Å². The van der Waals surface area contributed by atoms with Crippen molar-refractivity contribution in [2.24, 2.45) is 23.7 Å². The molecule has 4 atom stereocenters. The van der Waals surface area contributed by atoms with Crippen molar-refractivity contribution in [1.82, 2.24) is 14.8 Å². The molecule has 0 spiro atoms. The number of methoxy groups -OCH3 is 2. The number of amides is 2. The molecule has 14 heteroatoms. The van der Waals surface area contributed by atoms with Crippen molar-refractivity contribution in [3.05, 3.63) is 173 Å². The summed E-state index contributed by atoms with van der Waals surface area (Å²) < 4.78 is 22.3. The summed E-state index contributed by atoms with van der Waals surface area (Å²) in [7, 11) is 3.14.